The van der Waals surface area contributed by atoms with Gasteiger partial charge in [-0.15, -0.1) is 0 Å². The zero-order chi connectivity index (χ0) is 14.0. The van der Waals surface area contributed by atoms with Gasteiger partial charge in [0.05, 0.1) is 7.11 Å². The maximum Gasteiger partial charge on any atom is 0.331 e. The number of aliphatic carboxylic acids is 1. The Balaban J connectivity index is 2.43. The summed E-state index contributed by atoms with van der Waals surface area (Å²) in [6.07, 6.45) is 2.32. The Labute approximate surface area is 119 Å². The van der Waals surface area contributed by atoms with Crippen molar-refractivity contribution in [2.75, 3.05) is 7.11 Å². The van der Waals surface area contributed by atoms with E-state index in [-0.39, 0.29) is 6.04 Å². The third-order valence-corrected chi connectivity index (χ3v) is 3.84. The highest BCUT2D eigenvalue weighted by atomic mass is 79.9. The van der Waals surface area contributed by atoms with Gasteiger partial charge in [0, 0.05) is 16.1 Å². The van der Waals surface area contributed by atoms with Gasteiger partial charge in [0.1, 0.15) is 5.75 Å². The Morgan fingerprint density at radius 1 is 1.58 bits per heavy atom. The van der Waals surface area contributed by atoms with Crippen LogP contribution in [0.3, 0.4) is 0 Å². The van der Waals surface area contributed by atoms with Crippen molar-refractivity contribution in [3.63, 3.8) is 0 Å². The third kappa shape index (κ3) is 2.89. The Morgan fingerprint density at radius 3 is 2.74 bits per heavy atom. The maximum absolute atomic E-state index is 11.5. The quantitative estimate of drug-likeness (QED) is 0.813. The molecule has 1 saturated carbocycles. The van der Waals surface area contributed by atoms with Crippen LogP contribution in [0.5, 0.6) is 5.75 Å². The average molecular weight is 328 g/mol. The first kappa shape index (κ1) is 13.9. The molecule has 0 heterocycles. The van der Waals surface area contributed by atoms with Gasteiger partial charge in [0.2, 0.25) is 6.41 Å². The maximum atomic E-state index is 11.5. The molecule has 1 amide bonds. The molecule has 1 fully saturated rings. The lowest BCUT2D eigenvalue weighted by atomic mass is 10.1. The summed E-state index contributed by atoms with van der Waals surface area (Å²) in [6.45, 7) is 0. The van der Waals surface area contributed by atoms with Crippen molar-refractivity contribution < 1.29 is 19.4 Å². The minimum atomic E-state index is -1.05. The highest BCUT2D eigenvalue weighted by molar-refractivity contribution is 9.10. The first-order valence-electron chi connectivity index (χ1n) is 5.87. The molecule has 0 spiro atoms. The molecule has 1 aromatic carbocycles. The summed E-state index contributed by atoms with van der Waals surface area (Å²) < 4.78 is 5.76. The van der Waals surface area contributed by atoms with Crippen LogP contribution in [0.4, 0.5) is 0 Å². The molecule has 1 atom stereocenters. The molecule has 1 aromatic rings. The molecule has 2 rings (SSSR count). The van der Waals surface area contributed by atoms with Gasteiger partial charge in [-0.2, -0.15) is 0 Å². The Morgan fingerprint density at radius 2 is 2.26 bits per heavy atom. The minimum absolute atomic E-state index is 0.0247. The first-order chi connectivity index (χ1) is 9.08. The molecule has 0 aliphatic heterocycles. The lowest BCUT2D eigenvalue weighted by Gasteiger charge is -2.26. The number of carboxylic acids is 1. The van der Waals surface area contributed by atoms with E-state index in [2.05, 4.69) is 15.9 Å². The molecule has 102 valence electrons. The van der Waals surface area contributed by atoms with Crippen molar-refractivity contribution in [2.24, 2.45) is 0 Å². The SMILES string of the molecule is COc1ccc(Br)c(C(C(=O)O)N(C=O)C2CC2)c1. The summed E-state index contributed by atoms with van der Waals surface area (Å²) in [5.74, 6) is -0.487. The molecule has 1 unspecified atom stereocenters. The number of amides is 1. The predicted molar refractivity (Wildman–Crippen MR) is 72.0 cm³/mol. The molecular weight excluding hydrogens is 314 g/mol. The number of benzene rings is 1. The number of ether oxygens (including phenoxy) is 1. The third-order valence-electron chi connectivity index (χ3n) is 3.12. The fraction of sp³-hybridized carbons (Fsp3) is 0.385. The van der Waals surface area contributed by atoms with E-state index in [0.29, 0.717) is 22.2 Å². The van der Waals surface area contributed by atoms with E-state index < -0.39 is 12.0 Å². The van der Waals surface area contributed by atoms with Gasteiger partial charge in [-0.1, -0.05) is 15.9 Å². The zero-order valence-corrected chi connectivity index (χ0v) is 12.0. The molecule has 1 aliphatic rings. The van der Waals surface area contributed by atoms with Crippen LogP contribution in [-0.4, -0.2) is 35.5 Å². The number of halogens is 1. The molecule has 19 heavy (non-hydrogen) atoms. The van der Waals surface area contributed by atoms with Crippen molar-refractivity contribution in [3.8, 4) is 5.75 Å². The van der Waals surface area contributed by atoms with Crippen LogP contribution in [0.25, 0.3) is 0 Å². The lowest BCUT2D eigenvalue weighted by molar-refractivity contribution is -0.147. The molecule has 5 nitrogen and oxygen atoms in total. The van der Waals surface area contributed by atoms with Crippen LogP contribution in [0.15, 0.2) is 22.7 Å². The second-order valence-electron chi connectivity index (χ2n) is 4.41. The smallest absolute Gasteiger partial charge is 0.331 e. The fourth-order valence-corrected chi connectivity index (χ4v) is 2.47. The van der Waals surface area contributed by atoms with Crippen molar-refractivity contribution in [3.05, 3.63) is 28.2 Å². The van der Waals surface area contributed by atoms with Crippen LogP contribution in [-0.2, 0) is 9.59 Å². The van der Waals surface area contributed by atoms with Crippen molar-refractivity contribution in [2.45, 2.75) is 24.9 Å². The van der Waals surface area contributed by atoms with Crippen LogP contribution >= 0.6 is 15.9 Å². The summed E-state index contributed by atoms with van der Waals surface area (Å²) in [5, 5.41) is 9.43. The zero-order valence-electron chi connectivity index (χ0n) is 10.4. The monoisotopic (exact) mass is 327 g/mol. The van der Waals surface area contributed by atoms with Crippen LogP contribution in [0, 0.1) is 0 Å². The molecule has 6 heteroatoms. The lowest BCUT2D eigenvalue weighted by Crippen LogP contribution is -2.35. The Kier molecular flexibility index (Phi) is 4.09. The number of carbonyl (C=O) groups is 2. The fourth-order valence-electron chi connectivity index (χ4n) is 2.01. The second-order valence-corrected chi connectivity index (χ2v) is 5.27. The molecule has 0 saturated heterocycles. The highest BCUT2D eigenvalue weighted by Gasteiger charge is 2.38. The number of carboxylic acid groups (broad SMARTS) is 1. The molecule has 0 bridgehead atoms. The van der Waals surface area contributed by atoms with Crippen molar-refractivity contribution in [1.82, 2.24) is 4.90 Å². The van der Waals surface area contributed by atoms with E-state index in [9.17, 15) is 14.7 Å². The topological polar surface area (TPSA) is 66.8 Å². The number of hydrogen-bond donors (Lipinski definition) is 1. The van der Waals surface area contributed by atoms with Gasteiger partial charge in [-0.3, -0.25) is 4.79 Å². The second kappa shape index (κ2) is 5.61. The summed E-state index contributed by atoms with van der Waals surface area (Å²) >= 11 is 3.33. The molecule has 1 aliphatic carbocycles. The average Bonchev–Trinajstić information content (AvgIpc) is 3.21. The summed E-state index contributed by atoms with van der Waals surface area (Å²) in [5.41, 5.74) is 0.519. The Bertz CT molecular complexity index is 501. The van der Waals surface area contributed by atoms with E-state index in [1.54, 1.807) is 18.2 Å². The molecule has 0 aromatic heterocycles. The number of nitrogens with zero attached hydrogens (tertiary/aromatic N) is 1. The number of hydrogen-bond acceptors (Lipinski definition) is 3. The summed E-state index contributed by atoms with van der Waals surface area (Å²) in [7, 11) is 1.52. The van der Waals surface area contributed by atoms with Gasteiger partial charge in [0.15, 0.2) is 6.04 Å². The van der Waals surface area contributed by atoms with E-state index in [1.165, 1.54) is 12.0 Å². The van der Waals surface area contributed by atoms with Crippen molar-refractivity contribution >= 4 is 28.3 Å². The molecule has 0 radical (unpaired) electrons. The van der Waals surface area contributed by atoms with Gasteiger partial charge in [-0.05, 0) is 31.0 Å². The summed E-state index contributed by atoms with van der Waals surface area (Å²) in [4.78, 5) is 24.1. The van der Waals surface area contributed by atoms with E-state index >= 15 is 0 Å². The van der Waals surface area contributed by atoms with Crippen LogP contribution < -0.4 is 4.74 Å². The molecule has 1 N–H and O–H groups in total. The van der Waals surface area contributed by atoms with E-state index in [1.807, 2.05) is 0 Å². The Hall–Kier alpha value is -1.56. The van der Waals surface area contributed by atoms with Crippen LogP contribution in [0.2, 0.25) is 0 Å². The standard InChI is InChI=1S/C13H14BrNO4/c1-19-9-4-5-11(14)10(6-9)12(13(17)18)15(7-16)8-2-3-8/h4-8,12H,2-3H2,1H3,(H,17,18). The largest absolute Gasteiger partial charge is 0.497 e. The number of methoxy groups -OCH3 is 1. The first-order valence-corrected chi connectivity index (χ1v) is 6.66. The number of carbonyl (C=O) groups excluding carboxylic acids is 1. The van der Waals surface area contributed by atoms with E-state index in [0.717, 1.165) is 12.8 Å². The molecular formula is C13H14BrNO4. The highest BCUT2D eigenvalue weighted by Crippen LogP contribution is 2.37. The van der Waals surface area contributed by atoms with Gasteiger partial charge >= 0.3 is 5.97 Å². The minimum Gasteiger partial charge on any atom is -0.497 e. The predicted octanol–water partition coefficient (Wildman–Crippen LogP) is 2.20. The van der Waals surface area contributed by atoms with Crippen LogP contribution in [0.1, 0.15) is 24.4 Å². The van der Waals surface area contributed by atoms with Crippen molar-refractivity contribution in [1.29, 1.82) is 0 Å². The normalized spacial score (nSPS) is 15.7. The van der Waals surface area contributed by atoms with Gasteiger partial charge in [-0.25, -0.2) is 4.79 Å². The van der Waals surface area contributed by atoms with Gasteiger partial charge < -0.3 is 14.7 Å². The summed E-state index contributed by atoms with van der Waals surface area (Å²) in [6, 6.07) is 4.13. The van der Waals surface area contributed by atoms with E-state index in [4.69, 9.17) is 4.74 Å². The van der Waals surface area contributed by atoms with Gasteiger partial charge in [0.25, 0.3) is 0 Å². The number of rotatable bonds is 6.